The van der Waals surface area contributed by atoms with E-state index in [9.17, 15) is 14.0 Å². The second-order valence-electron chi connectivity index (χ2n) is 6.88. The number of nitrogens with zero attached hydrogens (tertiary/aromatic N) is 2. The molecule has 3 heterocycles. The van der Waals surface area contributed by atoms with Crippen LogP contribution in [0.4, 0.5) is 4.39 Å². The molecule has 0 N–H and O–H groups in total. The number of amides is 1. The van der Waals surface area contributed by atoms with E-state index in [2.05, 4.69) is 4.98 Å². The smallest absolute Gasteiger partial charge is 0.291 e. The number of hydrogen-bond acceptors (Lipinski definition) is 4. The van der Waals surface area contributed by atoms with Crippen LogP contribution in [0.15, 0.2) is 82.3 Å². The molecule has 2 aromatic carbocycles. The van der Waals surface area contributed by atoms with Gasteiger partial charge in [-0.1, -0.05) is 30.3 Å². The highest BCUT2D eigenvalue weighted by Crippen LogP contribution is 2.39. The first-order chi connectivity index (χ1) is 14.1. The summed E-state index contributed by atoms with van der Waals surface area (Å²) in [6.07, 6.45) is 3.25. The van der Waals surface area contributed by atoms with Crippen LogP contribution < -0.4 is 5.43 Å². The molecule has 29 heavy (non-hydrogen) atoms. The lowest BCUT2D eigenvalue weighted by atomic mass is 9.98. The molecule has 0 saturated carbocycles. The van der Waals surface area contributed by atoms with Crippen LogP contribution >= 0.6 is 0 Å². The van der Waals surface area contributed by atoms with Crippen LogP contribution in [-0.4, -0.2) is 15.8 Å². The van der Waals surface area contributed by atoms with Gasteiger partial charge in [-0.2, -0.15) is 0 Å². The van der Waals surface area contributed by atoms with E-state index in [4.69, 9.17) is 4.42 Å². The van der Waals surface area contributed by atoms with Gasteiger partial charge in [-0.15, -0.1) is 0 Å². The first-order valence-corrected chi connectivity index (χ1v) is 9.15. The number of benzene rings is 2. The van der Waals surface area contributed by atoms with Gasteiger partial charge in [0.25, 0.3) is 5.91 Å². The highest BCUT2D eigenvalue weighted by atomic mass is 19.1. The molecule has 142 valence electrons. The van der Waals surface area contributed by atoms with Crippen molar-refractivity contribution in [3.8, 4) is 0 Å². The number of halogens is 1. The van der Waals surface area contributed by atoms with Gasteiger partial charge in [0, 0.05) is 24.5 Å². The molecule has 1 aliphatic heterocycles. The molecule has 0 unspecified atom stereocenters. The van der Waals surface area contributed by atoms with E-state index in [1.165, 1.54) is 11.0 Å². The third-order valence-corrected chi connectivity index (χ3v) is 5.18. The summed E-state index contributed by atoms with van der Waals surface area (Å²) in [5, 5.41) is 0.367. The monoisotopic (exact) mass is 386 g/mol. The number of carbonyl (C=O) groups excluding carboxylic acids is 1. The van der Waals surface area contributed by atoms with Crippen LogP contribution in [0.2, 0.25) is 0 Å². The minimum atomic E-state index is -0.868. The van der Waals surface area contributed by atoms with Crippen molar-refractivity contribution in [2.24, 2.45) is 0 Å². The summed E-state index contributed by atoms with van der Waals surface area (Å²) in [4.78, 5) is 32.0. The number of hydrogen-bond donors (Lipinski definition) is 0. The predicted octanol–water partition coefficient (Wildman–Crippen LogP) is 4.07. The van der Waals surface area contributed by atoms with E-state index in [0.717, 1.165) is 5.56 Å². The molecule has 1 amide bonds. The first-order valence-electron chi connectivity index (χ1n) is 9.15. The topological polar surface area (TPSA) is 63.4 Å². The van der Waals surface area contributed by atoms with Gasteiger partial charge in [-0.3, -0.25) is 14.6 Å². The number of fused-ring (bicyclic) bond motifs is 2. The van der Waals surface area contributed by atoms with Crippen LogP contribution in [0, 0.1) is 5.82 Å². The molecule has 0 aliphatic carbocycles. The van der Waals surface area contributed by atoms with Gasteiger partial charge in [0.1, 0.15) is 11.4 Å². The summed E-state index contributed by atoms with van der Waals surface area (Å²) in [6.45, 7) is 0.195. The number of aromatic nitrogens is 1. The van der Waals surface area contributed by atoms with E-state index < -0.39 is 17.8 Å². The summed E-state index contributed by atoms with van der Waals surface area (Å²) in [5.74, 6) is -0.950. The lowest BCUT2D eigenvalue weighted by Crippen LogP contribution is -2.29. The van der Waals surface area contributed by atoms with Crippen molar-refractivity contribution in [3.63, 3.8) is 0 Å². The van der Waals surface area contributed by atoms with Crippen molar-refractivity contribution >= 4 is 16.9 Å². The number of rotatable bonds is 3. The van der Waals surface area contributed by atoms with Gasteiger partial charge in [-0.05, 0) is 35.9 Å². The summed E-state index contributed by atoms with van der Waals surface area (Å²) in [6, 6.07) is 15.6. The largest absolute Gasteiger partial charge is 0.450 e. The third-order valence-electron chi connectivity index (χ3n) is 5.18. The average molecular weight is 386 g/mol. The molecule has 5 nitrogen and oxygen atoms in total. The number of pyridine rings is 1. The van der Waals surface area contributed by atoms with Gasteiger partial charge in [-0.25, -0.2) is 4.39 Å². The van der Waals surface area contributed by atoms with Crippen LogP contribution in [-0.2, 0) is 6.54 Å². The molecule has 0 spiro atoms. The zero-order chi connectivity index (χ0) is 20.0. The Morgan fingerprint density at radius 2 is 1.69 bits per heavy atom. The predicted molar refractivity (Wildman–Crippen MR) is 105 cm³/mol. The maximum atomic E-state index is 14.7. The van der Waals surface area contributed by atoms with Crippen molar-refractivity contribution in [1.29, 1.82) is 0 Å². The molecule has 0 bridgehead atoms. The number of para-hydroxylation sites is 1. The average Bonchev–Trinajstić information content (AvgIpc) is 3.01. The zero-order valence-electron chi connectivity index (χ0n) is 15.2. The first kappa shape index (κ1) is 17.3. The zero-order valence-corrected chi connectivity index (χ0v) is 15.2. The van der Waals surface area contributed by atoms with E-state index in [0.29, 0.717) is 11.0 Å². The molecule has 0 fully saturated rings. The molecule has 2 aromatic heterocycles. The van der Waals surface area contributed by atoms with Crippen molar-refractivity contribution in [2.45, 2.75) is 12.6 Å². The fourth-order valence-electron chi connectivity index (χ4n) is 3.84. The minimum Gasteiger partial charge on any atom is -0.450 e. The van der Waals surface area contributed by atoms with Gasteiger partial charge in [0.2, 0.25) is 5.76 Å². The van der Waals surface area contributed by atoms with Gasteiger partial charge in [0.05, 0.1) is 17.0 Å². The van der Waals surface area contributed by atoms with Crippen LogP contribution in [0.5, 0.6) is 0 Å². The van der Waals surface area contributed by atoms with E-state index in [-0.39, 0.29) is 28.9 Å². The van der Waals surface area contributed by atoms with Gasteiger partial charge in [0.15, 0.2) is 5.43 Å². The molecular formula is C23H15FN2O3. The van der Waals surface area contributed by atoms with Gasteiger partial charge >= 0.3 is 0 Å². The Labute approximate surface area is 165 Å². The molecule has 0 saturated heterocycles. The summed E-state index contributed by atoms with van der Waals surface area (Å²) < 4.78 is 20.6. The Morgan fingerprint density at radius 1 is 0.966 bits per heavy atom. The highest BCUT2D eigenvalue weighted by Gasteiger charge is 2.43. The Kier molecular flexibility index (Phi) is 3.98. The quantitative estimate of drug-likeness (QED) is 0.532. The van der Waals surface area contributed by atoms with Crippen molar-refractivity contribution in [1.82, 2.24) is 9.88 Å². The molecule has 6 heteroatoms. The lowest BCUT2D eigenvalue weighted by Gasteiger charge is -2.25. The molecule has 5 rings (SSSR count). The second-order valence-corrected chi connectivity index (χ2v) is 6.88. The minimum absolute atomic E-state index is 0.0315. The molecule has 1 atom stereocenters. The molecule has 1 aliphatic rings. The Bertz CT molecular complexity index is 1300. The van der Waals surface area contributed by atoms with E-state index in [1.807, 2.05) is 0 Å². The van der Waals surface area contributed by atoms with Crippen molar-refractivity contribution in [2.75, 3.05) is 0 Å². The summed E-state index contributed by atoms with van der Waals surface area (Å²) in [5.41, 5.74) is 1.27. The third kappa shape index (κ3) is 2.72. The Balaban J connectivity index is 1.76. The molecule has 4 aromatic rings. The van der Waals surface area contributed by atoms with Gasteiger partial charge < -0.3 is 9.32 Å². The molecular weight excluding hydrogens is 371 g/mol. The SMILES string of the molecule is O=C1c2oc3ccccc3c(=O)c2[C@@H](c2ccccc2F)N1Cc1ccncc1. The fraction of sp³-hybridized carbons (Fsp3) is 0.0870. The fourth-order valence-corrected chi connectivity index (χ4v) is 3.84. The summed E-state index contributed by atoms with van der Waals surface area (Å²) in [7, 11) is 0. The van der Waals surface area contributed by atoms with E-state index >= 15 is 0 Å². The maximum absolute atomic E-state index is 14.7. The summed E-state index contributed by atoms with van der Waals surface area (Å²) >= 11 is 0. The van der Waals surface area contributed by atoms with E-state index in [1.54, 1.807) is 67.0 Å². The van der Waals surface area contributed by atoms with Crippen LogP contribution in [0.1, 0.15) is 33.3 Å². The molecule has 0 radical (unpaired) electrons. The standard InChI is InChI=1S/C23H15FN2O3/c24-17-7-3-1-5-15(17)20-19-21(27)16-6-2-4-8-18(16)29-22(19)23(28)26(20)13-14-9-11-25-12-10-14/h1-12,20H,13H2/t20-/m1/s1. The Morgan fingerprint density at radius 3 is 2.48 bits per heavy atom. The second kappa shape index (κ2) is 6.67. The van der Waals surface area contributed by atoms with Crippen LogP contribution in [0.25, 0.3) is 11.0 Å². The Hall–Kier alpha value is -3.80. The highest BCUT2D eigenvalue weighted by molar-refractivity contribution is 5.99. The maximum Gasteiger partial charge on any atom is 0.291 e. The number of carbonyl (C=O) groups is 1. The van der Waals surface area contributed by atoms with Crippen LogP contribution in [0.3, 0.4) is 0 Å². The normalized spacial score (nSPS) is 15.7. The van der Waals surface area contributed by atoms with Crippen molar-refractivity contribution < 1.29 is 13.6 Å². The van der Waals surface area contributed by atoms with Crippen molar-refractivity contribution in [3.05, 3.63) is 112 Å². The lowest BCUT2D eigenvalue weighted by molar-refractivity contribution is 0.0712.